The Morgan fingerprint density at radius 2 is 2.00 bits per heavy atom. The van der Waals surface area contributed by atoms with E-state index in [2.05, 4.69) is 4.98 Å². The lowest BCUT2D eigenvalue weighted by molar-refractivity contribution is -0.0502. The van der Waals surface area contributed by atoms with E-state index >= 15 is 0 Å². The minimum atomic E-state index is -3.09. The van der Waals surface area contributed by atoms with Gasteiger partial charge in [0.15, 0.2) is 5.78 Å². The van der Waals surface area contributed by atoms with Crippen LogP contribution >= 0.6 is 0 Å². The molecule has 0 bridgehead atoms. The number of imidazole rings is 1. The van der Waals surface area contributed by atoms with E-state index < -0.39 is 6.61 Å². The predicted molar refractivity (Wildman–Crippen MR) is 119 cm³/mol. The van der Waals surface area contributed by atoms with Gasteiger partial charge in [-0.15, -0.1) is 0 Å². The molecule has 0 atom stereocenters. The molecule has 2 heterocycles. The van der Waals surface area contributed by atoms with Crippen LogP contribution in [0.1, 0.15) is 29.6 Å². The van der Waals surface area contributed by atoms with E-state index in [9.17, 15) is 13.6 Å². The number of aromatic nitrogens is 2. The summed E-state index contributed by atoms with van der Waals surface area (Å²) < 4.78 is 49.1. The smallest absolute Gasteiger partial charge is 0.387 e. The number of nitrogens with zero attached hydrogens (tertiary/aromatic N) is 2. The van der Waals surface area contributed by atoms with E-state index in [1.807, 2.05) is 0 Å². The van der Waals surface area contributed by atoms with Gasteiger partial charge in [-0.3, -0.25) is 9.20 Å². The minimum Gasteiger partial charge on any atom is -0.496 e. The van der Waals surface area contributed by atoms with Crippen LogP contribution in [0.5, 0.6) is 17.2 Å². The number of alkyl halides is 2. The Balaban J connectivity index is 1.63. The van der Waals surface area contributed by atoms with E-state index in [1.54, 1.807) is 35.0 Å². The molecule has 4 rings (SSSR count). The maximum atomic E-state index is 13.2. The van der Waals surface area contributed by atoms with Gasteiger partial charge in [0, 0.05) is 24.2 Å². The number of benzene rings is 1. The molecule has 1 saturated carbocycles. The van der Waals surface area contributed by atoms with E-state index in [1.165, 1.54) is 13.2 Å². The standard InChI is InChI=1S/C24H26F2N2O6/c1-31-20-11-16(12-21(34-24(25)26)23(20)19(30)10-15-2-3-15)18-14-27-22-13-17(4-5-28(18)22)33-9-8-32-7-6-29/h4-5,11-15,24,29H,2-3,6-10H2,1H3. The average molecular weight is 476 g/mol. The van der Waals surface area contributed by atoms with E-state index in [0.717, 1.165) is 12.8 Å². The fourth-order valence-corrected chi connectivity index (χ4v) is 3.70. The first-order chi connectivity index (χ1) is 16.5. The Bertz CT molecular complexity index is 1150. The first-order valence-electron chi connectivity index (χ1n) is 11.0. The molecule has 182 valence electrons. The van der Waals surface area contributed by atoms with E-state index in [4.69, 9.17) is 24.1 Å². The Kier molecular flexibility index (Phi) is 7.59. The third-order valence-corrected chi connectivity index (χ3v) is 5.46. The fraction of sp³-hybridized carbons (Fsp3) is 0.417. The molecule has 1 aliphatic rings. The molecule has 1 aromatic carbocycles. The summed E-state index contributed by atoms with van der Waals surface area (Å²) in [4.78, 5) is 17.2. The van der Waals surface area contributed by atoms with E-state index in [0.29, 0.717) is 35.9 Å². The second-order valence-corrected chi connectivity index (χ2v) is 7.92. The van der Waals surface area contributed by atoms with Gasteiger partial charge in [0.25, 0.3) is 0 Å². The summed E-state index contributed by atoms with van der Waals surface area (Å²) in [7, 11) is 1.39. The number of aliphatic hydroxyl groups excluding tert-OH is 1. The molecule has 34 heavy (non-hydrogen) atoms. The molecule has 0 spiro atoms. The molecular weight excluding hydrogens is 450 g/mol. The molecule has 0 amide bonds. The summed E-state index contributed by atoms with van der Waals surface area (Å²) >= 11 is 0. The van der Waals surface area contributed by atoms with Crippen LogP contribution in [0.4, 0.5) is 8.78 Å². The van der Waals surface area contributed by atoms with Gasteiger partial charge in [-0.2, -0.15) is 8.78 Å². The predicted octanol–water partition coefficient (Wildman–Crippen LogP) is 3.98. The highest BCUT2D eigenvalue weighted by Gasteiger charge is 2.29. The number of pyridine rings is 1. The van der Waals surface area contributed by atoms with Crippen molar-refractivity contribution < 1.29 is 37.6 Å². The number of Topliss-reactive ketones (excluding diaryl/α,β-unsaturated/α-hetero) is 1. The van der Waals surface area contributed by atoms with Crippen molar-refractivity contribution in [2.45, 2.75) is 25.9 Å². The van der Waals surface area contributed by atoms with Gasteiger partial charge in [0.2, 0.25) is 0 Å². The zero-order chi connectivity index (χ0) is 24.1. The zero-order valence-electron chi connectivity index (χ0n) is 18.7. The number of methoxy groups -OCH3 is 1. The summed E-state index contributed by atoms with van der Waals surface area (Å²) in [6.45, 7) is -2.24. The number of ether oxygens (including phenoxy) is 4. The maximum absolute atomic E-state index is 13.2. The maximum Gasteiger partial charge on any atom is 0.387 e. The van der Waals surface area contributed by atoms with Crippen LogP contribution in [-0.4, -0.2) is 60.4 Å². The van der Waals surface area contributed by atoms with E-state index in [-0.39, 0.29) is 48.4 Å². The van der Waals surface area contributed by atoms with Crippen LogP contribution in [-0.2, 0) is 4.74 Å². The van der Waals surface area contributed by atoms with Crippen LogP contribution in [0.25, 0.3) is 16.9 Å². The molecule has 2 aromatic heterocycles. The average Bonchev–Trinajstić information content (AvgIpc) is 3.53. The number of carbonyl (C=O) groups is 1. The number of rotatable bonds is 13. The number of aliphatic hydroxyl groups is 1. The third kappa shape index (κ3) is 5.63. The van der Waals surface area contributed by atoms with Crippen molar-refractivity contribution >= 4 is 11.4 Å². The molecule has 10 heteroatoms. The highest BCUT2D eigenvalue weighted by molar-refractivity contribution is 6.02. The van der Waals surface area contributed by atoms with Gasteiger partial charge >= 0.3 is 6.61 Å². The lowest BCUT2D eigenvalue weighted by atomic mass is 10.00. The van der Waals surface area contributed by atoms with Crippen molar-refractivity contribution in [3.05, 3.63) is 42.2 Å². The third-order valence-electron chi connectivity index (χ3n) is 5.46. The second kappa shape index (κ2) is 10.8. The lowest BCUT2D eigenvalue weighted by Crippen LogP contribution is -2.11. The Hall–Kier alpha value is -3.24. The Labute approximate surface area is 195 Å². The Morgan fingerprint density at radius 1 is 1.21 bits per heavy atom. The number of fused-ring (bicyclic) bond motifs is 1. The number of hydrogen-bond donors (Lipinski definition) is 1. The summed E-state index contributed by atoms with van der Waals surface area (Å²) in [6, 6.07) is 6.52. The molecule has 0 radical (unpaired) electrons. The number of halogens is 2. The first kappa shape index (κ1) is 23.9. The summed E-state index contributed by atoms with van der Waals surface area (Å²) in [5.41, 5.74) is 1.72. The van der Waals surface area contributed by atoms with Crippen LogP contribution in [0.3, 0.4) is 0 Å². The summed E-state index contributed by atoms with van der Waals surface area (Å²) in [5, 5.41) is 8.72. The molecule has 1 aliphatic carbocycles. The van der Waals surface area contributed by atoms with Gasteiger partial charge in [-0.05, 0) is 37.0 Å². The molecule has 1 N–H and O–H groups in total. The molecule has 0 saturated heterocycles. The van der Waals surface area contributed by atoms with Crippen molar-refractivity contribution in [3.8, 4) is 28.5 Å². The molecule has 0 unspecified atom stereocenters. The van der Waals surface area contributed by atoms with Gasteiger partial charge in [-0.25, -0.2) is 4.98 Å². The van der Waals surface area contributed by atoms with Crippen molar-refractivity contribution in [1.29, 1.82) is 0 Å². The number of carbonyl (C=O) groups excluding carboxylic acids is 1. The fourth-order valence-electron chi connectivity index (χ4n) is 3.70. The zero-order valence-corrected chi connectivity index (χ0v) is 18.7. The minimum absolute atomic E-state index is 0.0337. The molecule has 3 aromatic rings. The summed E-state index contributed by atoms with van der Waals surface area (Å²) in [6.07, 6.45) is 5.53. The lowest BCUT2D eigenvalue weighted by Gasteiger charge is -2.16. The second-order valence-electron chi connectivity index (χ2n) is 7.92. The van der Waals surface area contributed by atoms with Gasteiger partial charge in [0.1, 0.15) is 35.1 Å². The van der Waals surface area contributed by atoms with Crippen molar-refractivity contribution in [3.63, 3.8) is 0 Å². The largest absolute Gasteiger partial charge is 0.496 e. The molecular formula is C24H26F2N2O6. The van der Waals surface area contributed by atoms with Crippen LogP contribution in [0, 0.1) is 5.92 Å². The van der Waals surface area contributed by atoms with Gasteiger partial charge < -0.3 is 24.1 Å². The monoisotopic (exact) mass is 476 g/mol. The molecule has 0 aliphatic heterocycles. The van der Waals surface area contributed by atoms with Crippen LogP contribution < -0.4 is 14.2 Å². The van der Waals surface area contributed by atoms with Crippen molar-refractivity contribution in [2.75, 3.05) is 33.5 Å². The van der Waals surface area contributed by atoms with Gasteiger partial charge in [-0.1, -0.05) is 0 Å². The highest BCUT2D eigenvalue weighted by Crippen LogP contribution is 2.40. The van der Waals surface area contributed by atoms with Crippen LogP contribution in [0.2, 0.25) is 0 Å². The Morgan fingerprint density at radius 3 is 2.71 bits per heavy atom. The molecule has 8 nitrogen and oxygen atoms in total. The number of hydrogen-bond acceptors (Lipinski definition) is 7. The number of ketones is 1. The van der Waals surface area contributed by atoms with Gasteiger partial charge in [0.05, 0.1) is 38.8 Å². The normalized spacial score (nSPS) is 13.4. The van der Waals surface area contributed by atoms with Crippen LogP contribution in [0.15, 0.2) is 36.7 Å². The summed E-state index contributed by atoms with van der Waals surface area (Å²) in [5.74, 6) is 0.555. The van der Waals surface area contributed by atoms with Crippen molar-refractivity contribution in [2.24, 2.45) is 5.92 Å². The first-order valence-corrected chi connectivity index (χ1v) is 11.0. The highest BCUT2D eigenvalue weighted by atomic mass is 19.3. The molecule has 1 fully saturated rings. The van der Waals surface area contributed by atoms with Crippen molar-refractivity contribution in [1.82, 2.24) is 9.38 Å². The topological polar surface area (TPSA) is 91.5 Å². The quantitative estimate of drug-likeness (QED) is 0.295. The SMILES string of the molecule is COc1cc(-c2cnc3cc(OCCOCCO)ccn23)cc(OC(F)F)c1C(=O)CC1CC1.